The van der Waals surface area contributed by atoms with Crippen molar-refractivity contribution in [3.8, 4) is 5.75 Å². The molecular formula is C17H18N4O6. The minimum atomic E-state index is -1.18. The van der Waals surface area contributed by atoms with Crippen LogP contribution in [0.15, 0.2) is 23.0 Å². The lowest BCUT2D eigenvalue weighted by Crippen LogP contribution is -2.40. The molecule has 10 nitrogen and oxygen atoms in total. The summed E-state index contributed by atoms with van der Waals surface area (Å²) >= 11 is 0. The summed E-state index contributed by atoms with van der Waals surface area (Å²) in [6, 6.07) is 4.83. The number of aromatic nitrogens is 2. The first kappa shape index (κ1) is 18.4. The molecule has 3 rings (SSSR count). The van der Waals surface area contributed by atoms with Crippen molar-refractivity contribution in [3.05, 3.63) is 34.4 Å². The van der Waals surface area contributed by atoms with Crippen LogP contribution < -0.4 is 20.9 Å². The van der Waals surface area contributed by atoms with E-state index in [1.165, 1.54) is 0 Å². The van der Waals surface area contributed by atoms with E-state index in [0.29, 0.717) is 23.2 Å². The Labute approximate surface area is 153 Å². The van der Waals surface area contributed by atoms with E-state index in [4.69, 9.17) is 9.84 Å². The van der Waals surface area contributed by atoms with Gasteiger partial charge >= 0.3 is 5.97 Å². The molecule has 0 unspecified atom stereocenters. The third-order valence-electron chi connectivity index (χ3n) is 4.04. The Morgan fingerprint density at radius 2 is 1.96 bits per heavy atom. The molecule has 1 aromatic heterocycles. The smallest absolute Gasteiger partial charge is 0.322 e. The van der Waals surface area contributed by atoms with Crippen molar-refractivity contribution >= 4 is 28.7 Å². The molecule has 0 saturated carbocycles. The molecule has 0 saturated heterocycles. The second kappa shape index (κ2) is 7.85. The van der Waals surface area contributed by atoms with Crippen LogP contribution in [0, 0.1) is 0 Å². The van der Waals surface area contributed by atoms with Crippen molar-refractivity contribution in [1.29, 1.82) is 0 Å². The number of aliphatic carboxylic acids is 1. The highest BCUT2D eigenvalue weighted by Gasteiger charge is 2.16. The molecule has 2 amide bonds. The van der Waals surface area contributed by atoms with Crippen LogP contribution >= 0.6 is 0 Å². The SMILES string of the molecule is O=C(O)CNC(=O)CNC(=O)COc1ccc2nc3n(c(=O)c2c1)CCC3. The van der Waals surface area contributed by atoms with Gasteiger partial charge in [0.25, 0.3) is 11.5 Å². The predicted molar refractivity (Wildman–Crippen MR) is 93.5 cm³/mol. The average molecular weight is 374 g/mol. The molecule has 0 fully saturated rings. The number of ether oxygens (including phenoxy) is 1. The molecule has 1 aromatic carbocycles. The maximum atomic E-state index is 12.5. The topological polar surface area (TPSA) is 140 Å². The molecule has 1 aliphatic heterocycles. The molecule has 0 atom stereocenters. The number of carbonyl (C=O) groups excluding carboxylic acids is 2. The van der Waals surface area contributed by atoms with E-state index in [1.807, 2.05) is 0 Å². The maximum absolute atomic E-state index is 12.5. The number of aryl methyl sites for hydroxylation is 1. The van der Waals surface area contributed by atoms with E-state index in [0.717, 1.165) is 18.7 Å². The summed E-state index contributed by atoms with van der Waals surface area (Å²) in [5, 5.41) is 13.3. The van der Waals surface area contributed by atoms with Gasteiger partial charge in [-0.05, 0) is 24.6 Å². The summed E-state index contributed by atoms with van der Waals surface area (Å²) in [7, 11) is 0. The van der Waals surface area contributed by atoms with E-state index >= 15 is 0 Å². The fourth-order valence-corrected chi connectivity index (χ4v) is 2.77. The van der Waals surface area contributed by atoms with Gasteiger partial charge in [-0.25, -0.2) is 4.98 Å². The zero-order valence-corrected chi connectivity index (χ0v) is 14.4. The van der Waals surface area contributed by atoms with Gasteiger partial charge < -0.3 is 20.5 Å². The molecule has 0 bridgehead atoms. The Hall–Kier alpha value is -3.43. The van der Waals surface area contributed by atoms with Crippen molar-refractivity contribution < 1.29 is 24.2 Å². The normalized spacial score (nSPS) is 12.4. The number of carboxylic acids is 1. The Morgan fingerprint density at radius 1 is 1.19 bits per heavy atom. The molecule has 10 heteroatoms. The molecular weight excluding hydrogens is 356 g/mol. The van der Waals surface area contributed by atoms with E-state index in [-0.39, 0.29) is 18.7 Å². The third-order valence-corrected chi connectivity index (χ3v) is 4.04. The van der Waals surface area contributed by atoms with Crippen molar-refractivity contribution in [2.75, 3.05) is 19.7 Å². The van der Waals surface area contributed by atoms with Crippen LogP contribution in [0.2, 0.25) is 0 Å². The van der Waals surface area contributed by atoms with E-state index in [2.05, 4.69) is 15.6 Å². The number of amides is 2. The van der Waals surface area contributed by atoms with Crippen LogP contribution in [0.4, 0.5) is 0 Å². The van der Waals surface area contributed by atoms with Gasteiger partial charge in [-0.15, -0.1) is 0 Å². The Balaban J connectivity index is 1.57. The number of benzene rings is 1. The first-order valence-corrected chi connectivity index (χ1v) is 8.35. The van der Waals surface area contributed by atoms with Crippen LogP contribution in [-0.2, 0) is 27.3 Å². The maximum Gasteiger partial charge on any atom is 0.322 e. The van der Waals surface area contributed by atoms with Crippen molar-refractivity contribution in [2.24, 2.45) is 0 Å². The summed E-state index contributed by atoms with van der Waals surface area (Å²) in [6.45, 7) is -0.577. The monoisotopic (exact) mass is 374 g/mol. The fraction of sp³-hybridized carbons (Fsp3) is 0.353. The Kier molecular flexibility index (Phi) is 5.34. The van der Waals surface area contributed by atoms with Crippen molar-refractivity contribution in [3.63, 3.8) is 0 Å². The van der Waals surface area contributed by atoms with Gasteiger partial charge in [0.15, 0.2) is 6.61 Å². The highest BCUT2D eigenvalue weighted by Crippen LogP contribution is 2.19. The van der Waals surface area contributed by atoms with Gasteiger partial charge in [0.05, 0.1) is 17.4 Å². The number of hydrogen-bond donors (Lipinski definition) is 3. The van der Waals surface area contributed by atoms with E-state index in [1.54, 1.807) is 22.8 Å². The summed E-state index contributed by atoms with van der Waals surface area (Å²) in [6.07, 6.45) is 1.67. The van der Waals surface area contributed by atoms with E-state index in [9.17, 15) is 19.2 Å². The van der Waals surface area contributed by atoms with Crippen molar-refractivity contribution in [1.82, 2.24) is 20.2 Å². The van der Waals surface area contributed by atoms with Gasteiger partial charge in [0.1, 0.15) is 18.1 Å². The zero-order chi connectivity index (χ0) is 19.4. The zero-order valence-electron chi connectivity index (χ0n) is 14.4. The lowest BCUT2D eigenvalue weighted by atomic mass is 10.2. The molecule has 2 heterocycles. The second-order valence-corrected chi connectivity index (χ2v) is 6.00. The highest BCUT2D eigenvalue weighted by atomic mass is 16.5. The number of nitrogens with one attached hydrogen (secondary N) is 2. The predicted octanol–water partition coefficient (Wildman–Crippen LogP) is -0.961. The fourth-order valence-electron chi connectivity index (χ4n) is 2.77. The molecule has 1 aliphatic rings. The number of carbonyl (C=O) groups is 3. The molecule has 0 spiro atoms. The standard InChI is InChI=1S/C17H18N4O6/c22-14(19-8-16(24)25)7-18-15(23)9-27-10-3-4-12-11(6-10)17(26)21-5-1-2-13(21)20-12/h3-4,6H,1-2,5,7-9H2,(H,18,23)(H,19,22)(H,24,25). The quantitative estimate of drug-likeness (QED) is 0.567. The molecule has 3 N–H and O–H groups in total. The first-order valence-electron chi connectivity index (χ1n) is 8.35. The number of fused-ring (bicyclic) bond motifs is 2. The summed E-state index contributed by atoms with van der Waals surface area (Å²) < 4.78 is 7.01. The van der Waals surface area contributed by atoms with Gasteiger partial charge in [-0.1, -0.05) is 0 Å². The second-order valence-electron chi connectivity index (χ2n) is 6.00. The van der Waals surface area contributed by atoms with Gasteiger partial charge in [0, 0.05) is 13.0 Å². The lowest BCUT2D eigenvalue weighted by molar-refractivity contribution is -0.137. The first-order chi connectivity index (χ1) is 12.9. The molecule has 27 heavy (non-hydrogen) atoms. The number of rotatable bonds is 7. The molecule has 2 aromatic rings. The number of hydrogen-bond acceptors (Lipinski definition) is 6. The molecule has 0 aliphatic carbocycles. The Bertz CT molecular complexity index is 968. The van der Waals surface area contributed by atoms with Crippen LogP contribution in [-0.4, -0.2) is 52.1 Å². The minimum Gasteiger partial charge on any atom is -0.484 e. The molecule has 142 valence electrons. The summed E-state index contributed by atoms with van der Waals surface area (Å²) in [5.41, 5.74) is 0.456. The third kappa shape index (κ3) is 4.40. The van der Waals surface area contributed by atoms with Crippen LogP contribution in [0.5, 0.6) is 5.75 Å². The highest BCUT2D eigenvalue weighted by molar-refractivity contribution is 5.87. The van der Waals surface area contributed by atoms with Gasteiger partial charge in [-0.3, -0.25) is 23.7 Å². The Morgan fingerprint density at radius 3 is 2.74 bits per heavy atom. The van der Waals surface area contributed by atoms with Crippen molar-refractivity contribution in [2.45, 2.75) is 19.4 Å². The lowest BCUT2D eigenvalue weighted by Gasteiger charge is -2.09. The largest absolute Gasteiger partial charge is 0.484 e. The van der Waals surface area contributed by atoms with Gasteiger partial charge in [0.2, 0.25) is 5.91 Å². The van der Waals surface area contributed by atoms with Crippen LogP contribution in [0.3, 0.4) is 0 Å². The average Bonchev–Trinajstić information content (AvgIpc) is 3.12. The number of carboxylic acid groups (broad SMARTS) is 1. The number of nitrogens with zero attached hydrogens (tertiary/aromatic N) is 2. The van der Waals surface area contributed by atoms with Crippen LogP contribution in [0.1, 0.15) is 12.2 Å². The summed E-state index contributed by atoms with van der Waals surface area (Å²) in [4.78, 5) is 50.4. The van der Waals surface area contributed by atoms with Crippen LogP contribution in [0.25, 0.3) is 10.9 Å². The minimum absolute atomic E-state index is 0.127. The summed E-state index contributed by atoms with van der Waals surface area (Å²) in [5.74, 6) is -1.23. The van der Waals surface area contributed by atoms with E-state index < -0.39 is 24.3 Å². The van der Waals surface area contributed by atoms with Gasteiger partial charge in [-0.2, -0.15) is 0 Å². The molecule has 0 radical (unpaired) electrons.